The zero-order valence-electron chi connectivity index (χ0n) is 16.4. The Morgan fingerprint density at radius 1 is 1.07 bits per heavy atom. The number of carbonyl (C=O) groups excluding carboxylic acids is 1. The highest BCUT2D eigenvalue weighted by Gasteiger charge is 2.12. The monoisotopic (exact) mass is 474 g/mol. The number of benzene rings is 2. The van der Waals surface area contributed by atoms with E-state index in [9.17, 15) is 4.79 Å². The second-order valence-electron chi connectivity index (χ2n) is 6.66. The van der Waals surface area contributed by atoms with Gasteiger partial charge in [0, 0.05) is 44.4 Å². The first-order valence-electron chi connectivity index (χ1n) is 9.47. The normalized spacial score (nSPS) is 10.8. The summed E-state index contributed by atoms with van der Waals surface area (Å²) in [5, 5.41) is 8.72. The van der Waals surface area contributed by atoms with Crippen LogP contribution in [0.5, 0.6) is 0 Å². The number of aromatic amines is 2. The van der Waals surface area contributed by atoms with Gasteiger partial charge in [0.2, 0.25) is 6.41 Å². The number of nitrogens with one attached hydrogen (secondary N) is 4. The summed E-state index contributed by atoms with van der Waals surface area (Å²) in [6, 6.07) is 14.3. The number of carbonyl (C=O) groups is 1. The third-order valence-corrected chi connectivity index (χ3v) is 5.38. The summed E-state index contributed by atoms with van der Waals surface area (Å²) in [4.78, 5) is 16.6. The molecule has 7 heteroatoms. The summed E-state index contributed by atoms with van der Waals surface area (Å²) < 4.78 is 1.08. The first kappa shape index (κ1) is 21.4. The van der Waals surface area contributed by atoms with E-state index in [1.165, 1.54) is 10.9 Å². The van der Waals surface area contributed by atoms with Crippen LogP contribution in [0.2, 0.25) is 5.02 Å². The smallest absolute Gasteiger partial charge is 0.207 e. The molecule has 0 saturated heterocycles. The Balaban J connectivity index is 0.000000258. The van der Waals surface area contributed by atoms with Crippen molar-refractivity contribution < 1.29 is 4.79 Å². The number of halogens is 2. The van der Waals surface area contributed by atoms with Crippen LogP contribution in [0.15, 0.2) is 46.9 Å². The number of rotatable bonds is 6. The van der Waals surface area contributed by atoms with Crippen molar-refractivity contribution in [3.63, 3.8) is 0 Å². The largest absolute Gasteiger partial charge is 0.357 e. The average molecular weight is 476 g/mol. The quantitative estimate of drug-likeness (QED) is 0.223. The molecule has 2 aromatic heterocycles. The summed E-state index contributed by atoms with van der Waals surface area (Å²) in [7, 11) is 0. The number of hydrogen-bond donors (Lipinski definition) is 4. The van der Waals surface area contributed by atoms with Crippen molar-refractivity contribution in [3.05, 3.63) is 57.5 Å². The third-order valence-electron chi connectivity index (χ3n) is 4.65. The molecular weight excluding hydrogens is 452 g/mol. The van der Waals surface area contributed by atoms with E-state index in [1.807, 2.05) is 25.1 Å². The van der Waals surface area contributed by atoms with E-state index in [4.69, 9.17) is 11.6 Å². The van der Waals surface area contributed by atoms with Crippen molar-refractivity contribution in [3.8, 4) is 11.4 Å². The molecule has 0 saturated carbocycles. The van der Waals surface area contributed by atoms with Gasteiger partial charge in [0.1, 0.15) is 0 Å². The molecule has 0 radical (unpaired) electrons. The van der Waals surface area contributed by atoms with Gasteiger partial charge in [0.15, 0.2) is 0 Å². The van der Waals surface area contributed by atoms with Gasteiger partial charge < -0.3 is 20.6 Å². The Hall–Kier alpha value is -2.28. The van der Waals surface area contributed by atoms with Gasteiger partial charge in [-0.05, 0) is 55.4 Å². The molecule has 4 aromatic rings. The number of likely N-dealkylation sites (N-methyl/N-ethyl adjacent to an activating group) is 1. The molecule has 5 nitrogen and oxygen atoms in total. The predicted molar refractivity (Wildman–Crippen MR) is 126 cm³/mol. The lowest BCUT2D eigenvalue weighted by Crippen LogP contribution is -2.25. The van der Waals surface area contributed by atoms with Gasteiger partial charge in [-0.2, -0.15) is 0 Å². The maximum Gasteiger partial charge on any atom is 0.207 e. The fraction of sp³-hybridized carbons (Fsp3) is 0.227. The predicted octanol–water partition coefficient (Wildman–Crippen LogP) is 5.38. The zero-order chi connectivity index (χ0) is 20.8. The van der Waals surface area contributed by atoms with Crippen LogP contribution >= 0.6 is 27.5 Å². The highest BCUT2D eigenvalue weighted by atomic mass is 79.9. The Bertz CT molecular complexity index is 1120. The summed E-state index contributed by atoms with van der Waals surface area (Å²) >= 11 is 9.58. The number of fused-ring (bicyclic) bond motifs is 2. The first-order chi connectivity index (χ1) is 14.0. The molecule has 2 aromatic carbocycles. The van der Waals surface area contributed by atoms with Gasteiger partial charge >= 0.3 is 0 Å². The minimum atomic E-state index is 0.706. The van der Waals surface area contributed by atoms with Crippen LogP contribution in [0.3, 0.4) is 0 Å². The minimum Gasteiger partial charge on any atom is -0.357 e. The Morgan fingerprint density at radius 2 is 1.90 bits per heavy atom. The fourth-order valence-corrected chi connectivity index (χ4v) is 3.76. The minimum absolute atomic E-state index is 0.706. The molecular formula is C22H24BrClN4O. The molecule has 0 spiro atoms. The average Bonchev–Trinajstić information content (AvgIpc) is 3.26. The number of aryl methyl sites for hydroxylation is 1. The van der Waals surface area contributed by atoms with Crippen LogP contribution in [-0.2, 0) is 4.79 Å². The fourth-order valence-electron chi connectivity index (χ4n) is 3.21. The van der Waals surface area contributed by atoms with E-state index in [0.717, 1.165) is 56.9 Å². The molecule has 2 heterocycles. The van der Waals surface area contributed by atoms with Gasteiger partial charge in [-0.1, -0.05) is 40.5 Å². The van der Waals surface area contributed by atoms with E-state index >= 15 is 0 Å². The zero-order valence-corrected chi connectivity index (χ0v) is 18.7. The molecule has 0 unspecified atom stereocenters. The molecule has 1 amide bonds. The second-order valence-corrected chi connectivity index (χ2v) is 8.01. The molecule has 4 rings (SSSR count). The van der Waals surface area contributed by atoms with Crippen molar-refractivity contribution in [2.24, 2.45) is 0 Å². The molecule has 0 aliphatic heterocycles. The summed E-state index contributed by atoms with van der Waals surface area (Å²) in [5.41, 5.74) is 5.67. The summed E-state index contributed by atoms with van der Waals surface area (Å²) in [5.74, 6) is 0. The molecule has 0 bridgehead atoms. The van der Waals surface area contributed by atoms with E-state index < -0.39 is 0 Å². The topological polar surface area (TPSA) is 72.7 Å². The molecule has 29 heavy (non-hydrogen) atoms. The summed E-state index contributed by atoms with van der Waals surface area (Å²) in [6.45, 7) is 6.70. The molecule has 0 fully saturated rings. The first-order valence-corrected chi connectivity index (χ1v) is 10.6. The molecule has 4 N–H and O–H groups in total. The maximum absolute atomic E-state index is 9.63. The lowest BCUT2D eigenvalue weighted by molar-refractivity contribution is -0.109. The standard InChI is InChI=1S/C17H12BrClN2.C5H12N2O/c1-9-13-4-2-11(18)8-15(13)21-17(9)16-7-10-6-12(19)3-5-14(10)20-16;1-2-6-3-4-7-5-8/h2-8,20-21H,1H3;5-6H,2-4H2,1H3,(H,7,8). The number of aromatic nitrogens is 2. The van der Waals surface area contributed by atoms with E-state index in [-0.39, 0.29) is 0 Å². The van der Waals surface area contributed by atoms with Crippen LogP contribution in [0, 0.1) is 6.92 Å². The molecule has 0 atom stereocenters. The SMILES string of the molecule is CCNCCNC=O.Cc1c(-c2cc3cc(Cl)ccc3[nH]2)[nH]c2cc(Br)ccc12. The van der Waals surface area contributed by atoms with Gasteiger partial charge in [0.25, 0.3) is 0 Å². The third kappa shape index (κ3) is 5.21. The Labute approximate surface area is 183 Å². The lowest BCUT2D eigenvalue weighted by Gasteiger charge is -1.97. The number of H-pyrrole nitrogens is 2. The van der Waals surface area contributed by atoms with Crippen LogP contribution < -0.4 is 10.6 Å². The van der Waals surface area contributed by atoms with Gasteiger partial charge in [-0.25, -0.2) is 0 Å². The van der Waals surface area contributed by atoms with E-state index in [0.29, 0.717) is 6.41 Å². The lowest BCUT2D eigenvalue weighted by atomic mass is 10.1. The van der Waals surface area contributed by atoms with Crippen molar-refractivity contribution in [1.29, 1.82) is 0 Å². The van der Waals surface area contributed by atoms with E-state index in [1.54, 1.807) is 0 Å². The van der Waals surface area contributed by atoms with Crippen molar-refractivity contribution in [2.75, 3.05) is 19.6 Å². The van der Waals surface area contributed by atoms with Crippen LogP contribution in [-0.4, -0.2) is 36.0 Å². The van der Waals surface area contributed by atoms with Gasteiger partial charge in [-0.3, -0.25) is 4.79 Å². The summed E-state index contributed by atoms with van der Waals surface area (Å²) in [6.07, 6.45) is 0.706. The van der Waals surface area contributed by atoms with Gasteiger partial charge in [-0.15, -0.1) is 0 Å². The van der Waals surface area contributed by atoms with Crippen LogP contribution in [0.4, 0.5) is 0 Å². The van der Waals surface area contributed by atoms with Crippen molar-refractivity contribution in [2.45, 2.75) is 13.8 Å². The number of hydrogen-bond acceptors (Lipinski definition) is 2. The Morgan fingerprint density at radius 3 is 2.66 bits per heavy atom. The molecule has 152 valence electrons. The molecule has 0 aliphatic carbocycles. The highest BCUT2D eigenvalue weighted by molar-refractivity contribution is 9.10. The Kier molecular flexibility index (Phi) is 7.36. The number of amides is 1. The van der Waals surface area contributed by atoms with Crippen molar-refractivity contribution in [1.82, 2.24) is 20.6 Å². The van der Waals surface area contributed by atoms with Crippen LogP contribution in [0.25, 0.3) is 33.2 Å². The maximum atomic E-state index is 9.63. The second kappa shape index (κ2) is 9.96. The highest BCUT2D eigenvalue weighted by Crippen LogP contribution is 2.32. The van der Waals surface area contributed by atoms with Crippen molar-refractivity contribution >= 4 is 55.7 Å². The van der Waals surface area contributed by atoms with E-state index in [2.05, 4.69) is 67.7 Å². The van der Waals surface area contributed by atoms with Crippen LogP contribution in [0.1, 0.15) is 12.5 Å². The molecule has 0 aliphatic rings. The van der Waals surface area contributed by atoms with Gasteiger partial charge in [0.05, 0.1) is 11.4 Å².